The highest BCUT2D eigenvalue weighted by molar-refractivity contribution is 4.78. The first kappa shape index (κ1) is 12.0. The normalized spacial score (nSPS) is 24.4. The van der Waals surface area contributed by atoms with Crippen LogP contribution in [0.3, 0.4) is 0 Å². The van der Waals surface area contributed by atoms with Crippen LogP contribution in [-0.4, -0.2) is 42.8 Å². The predicted octanol–water partition coefficient (Wildman–Crippen LogP) is 0.676. The van der Waals surface area contributed by atoms with E-state index in [9.17, 15) is 0 Å². The molecule has 1 unspecified atom stereocenters. The monoisotopic (exact) mass is 200 g/mol. The van der Waals surface area contributed by atoms with Gasteiger partial charge < -0.3 is 15.7 Å². The molecule has 1 aliphatic rings. The molecule has 1 rings (SSSR count). The Labute approximate surface area is 87.3 Å². The zero-order valence-corrected chi connectivity index (χ0v) is 9.50. The van der Waals surface area contributed by atoms with Crippen molar-refractivity contribution in [2.24, 2.45) is 17.1 Å². The Kier molecular flexibility index (Phi) is 4.35. The van der Waals surface area contributed by atoms with Crippen molar-refractivity contribution < 1.29 is 5.11 Å². The number of aliphatic hydroxyl groups is 1. The number of nitrogens with zero attached hydrogens (tertiary/aromatic N) is 1. The van der Waals surface area contributed by atoms with Gasteiger partial charge in [-0.1, -0.05) is 13.8 Å². The minimum absolute atomic E-state index is 0.261. The molecule has 1 aliphatic heterocycles. The highest BCUT2D eigenvalue weighted by Crippen LogP contribution is 2.21. The van der Waals surface area contributed by atoms with Crippen molar-refractivity contribution in [1.29, 1.82) is 0 Å². The van der Waals surface area contributed by atoms with Gasteiger partial charge in [0.25, 0.3) is 0 Å². The van der Waals surface area contributed by atoms with Crippen molar-refractivity contribution in [3.05, 3.63) is 0 Å². The molecule has 0 bridgehead atoms. The van der Waals surface area contributed by atoms with Crippen molar-refractivity contribution in [1.82, 2.24) is 4.90 Å². The van der Waals surface area contributed by atoms with E-state index < -0.39 is 0 Å². The SMILES string of the molecule is CC(C)(CN)CCN1CCC(CO)C1. The molecule has 0 aromatic rings. The number of nitrogens with two attached hydrogens (primary N) is 1. The maximum Gasteiger partial charge on any atom is 0.0471 e. The van der Waals surface area contributed by atoms with Crippen LogP contribution in [0, 0.1) is 11.3 Å². The van der Waals surface area contributed by atoms with Crippen molar-refractivity contribution in [2.45, 2.75) is 26.7 Å². The van der Waals surface area contributed by atoms with E-state index in [0.29, 0.717) is 12.5 Å². The van der Waals surface area contributed by atoms with Crippen LogP contribution in [0.25, 0.3) is 0 Å². The quantitative estimate of drug-likeness (QED) is 0.686. The van der Waals surface area contributed by atoms with Gasteiger partial charge in [-0.15, -0.1) is 0 Å². The minimum atomic E-state index is 0.261. The second-order valence-corrected chi connectivity index (χ2v) is 5.26. The fourth-order valence-corrected chi connectivity index (χ4v) is 1.83. The summed E-state index contributed by atoms with van der Waals surface area (Å²) in [6.07, 6.45) is 2.31. The van der Waals surface area contributed by atoms with Crippen LogP contribution in [0.5, 0.6) is 0 Å². The van der Waals surface area contributed by atoms with Gasteiger partial charge in [0.2, 0.25) is 0 Å². The molecule has 0 saturated carbocycles. The molecule has 3 nitrogen and oxygen atoms in total. The first-order valence-electron chi connectivity index (χ1n) is 5.61. The van der Waals surface area contributed by atoms with E-state index in [1.165, 1.54) is 0 Å². The van der Waals surface area contributed by atoms with E-state index >= 15 is 0 Å². The first-order valence-corrected chi connectivity index (χ1v) is 5.61. The summed E-state index contributed by atoms with van der Waals surface area (Å²) in [5.74, 6) is 0.510. The third-order valence-electron chi connectivity index (χ3n) is 3.29. The largest absolute Gasteiger partial charge is 0.396 e. The summed E-state index contributed by atoms with van der Waals surface area (Å²) in [5, 5.41) is 9.01. The van der Waals surface area contributed by atoms with Crippen LogP contribution in [0.15, 0.2) is 0 Å². The zero-order chi connectivity index (χ0) is 10.6. The second-order valence-electron chi connectivity index (χ2n) is 5.26. The van der Waals surface area contributed by atoms with Crippen LogP contribution in [0.1, 0.15) is 26.7 Å². The van der Waals surface area contributed by atoms with Crippen LogP contribution >= 0.6 is 0 Å². The Hall–Kier alpha value is -0.120. The molecular formula is C11H24N2O. The van der Waals surface area contributed by atoms with Gasteiger partial charge in [0, 0.05) is 13.2 Å². The highest BCUT2D eigenvalue weighted by atomic mass is 16.3. The molecule has 3 heteroatoms. The lowest BCUT2D eigenvalue weighted by Gasteiger charge is -2.25. The Bertz CT molecular complexity index is 171. The maximum atomic E-state index is 9.01. The van der Waals surface area contributed by atoms with Gasteiger partial charge in [-0.3, -0.25) is 0 Å². The highest BCUT2D eigenvalue weighted by Gasteiger charge is 2.23. The van der Waals surface area contributed by atoms with Gasteiger partial charge in [-0.2, -0.15) is 0 Å². The standard InChI is InChI=1S/C11H24N2O/c1-11(2,9-12)4-6-13-5-3-10(7-13)8-14/h10,14H,3-9,12H2,1-2H3. The minimum Gasteiger partial charge on any atom is -0.396 e. The van der Waals surface area contributed by atoms with E-state index in [4.69, 9.17) is 10.8 Å². The second kappa shape index (κ2) is 5.10. The summed E-state index contributed by atoms with van der Waals surface area (Å²) in [6.45, 7) is 8.87. The molecule has 1 saturated heterocycles. The Morgan fingerprint density at radius 3 is 2.71 bits per heavy atom. The Morgan fingerprint density at radius 2 is 2.21 bits per heavy atom. The molecule has 0 radical (unpaired) electrons. The van der Waals surface area contributed by atoms with Crippen LogP contribution in [-0.2, 0) is 0 Å². The Balaban J connectivity index is 2.20. The molecule has 84 valence electrons. The molecule has 0 aliphatic carbocycles. The van der Waals surface area contributed by atoms with Gasteiger partial charge in [0.15, 0.2) is 0 Å². The van der Waals surface area contributed by atoms with Crippen molar-refractivity contribution >= 4 is 0 Å². The molecule has 3 N–H and O–H groups in total. The molecule has 0 amide bonds. The van der Waals surface area contributed by atoms with E-state index in [1.54, 1.807) is 0 Å². The van der Waals surface area contributed by atoms with E-state index in [2.05, 4.69) is 18.7 Å². The van der Waals surface area contributed by atoms with Gasteiger partial charge in [-0.25, -0.2) is 0 Å². The molecule has 1 heterocycles. The summed E-state index contributed by atoms with van der Waals surface area (Å²) in [4.78, 5) is 2.44. The van der Waals surface area contributed by atoms with Crippen LogP contribution in [0.2, 0.25) is 0 Å². The number of likely N-dealkylation sites (tertiary alicyclic amines) is 1. The number of hydrogen-bond donors (Lipinski definition) is 2. The molecular weight excluding hydrogens is 176 g/mol. The smallest absolute Gasteiger partial charge is 0.0471 e. The Morgan fingerprint density at radius 1 is 1.50 bits per heavy atom. The fraction of sp³-hybridized carbons (Fsp3) is 1.00. The average Bonchev–Trinajstić information content (AvgIpc) is 2.63. The molecule has 0 spiro atoms. The molecule has 1 atom stereocenters. The first-order chi connectivity index (χ1) is 6.57. The molecule has 0 aromatic heterocycles. The van der Waals surface area contributed by atoms with Gasteiger partial charge >= 0.3 is 0 Å². The lowest BCUT2D eigenvalue weighted by Crippen LogP contribution is -2.31. The lowest BCUT2D eigenvalue weighted by molar-refractivity contribution is 0.210. The zero-order valence-electron chi connectivity index (χ0n) is 9.50. The maximum absolute atomic E-state index is 9.01. The van der Waals surface area contributed by atoms with Gasteiger partial charge in [0.05, 0.1) is 0 Å². The third kappa shape index (κ3) is 3.56. The average molecular weight is 200 g/mol. The predicted molar refractivity (Wildman–Crippen MR) is 59.1 cm³/mol. The number of rotatable bonds is 5. The van der Waals surface area contributed by atoms with Gasteiger partial charge in [0.1, 0.15) is 0 Å². The van der Waals surface area contributed by atoms with Crippen molar-refractivity contribution in [3.63, 3.8) is 0 Å². The van der Waals surface area contributed by atoms with E-state index in [-0.39, 0.29) is 5.41 Å². The van der Waals surface area contributed by atoms with E-state index in [0.717, 1.165) is 39.0 Å². The summed E-state index contributed by atoms with van der Waals surface area (Å²) < 4.78 is 0. The molecule has 1 fully saturated rings. The lowest BCUT2D eigenvalue weighted by atomic mass is 9.89. The summed E-state index contributed by atoms with van der Waals surface area (Å²) in [7, 11) is 0. The summed E-state index contributed by atoms with van der Waals surface area (Å²) in [5.41, 5.74) is 5.95. The molecule has 14 heavy (non-hydrogen) atoms. The van der Waals surface area contributed by atoms with Gasteiger partial charge in [-0.05, 0) is 43.8 Å². The number of hydrogen-bond acceptors (Lipinski definition) is 3. The van der Waals surface area contributed by atoms with Crippen molar-refractivity contribution in [3.8, 4) is 0 Å². The third-order valence-corrected chi connectivity index (χ3v) is 3.29. The van der Waals surface area contributed by atoms with E-state index in [1.807, 2.05) is 0 Å². The van der Waals surface area contributed by atoms with Crippen LogP contribution < -0.4 is 5.73 Å². The summed E-state index contributed by atoms with van der Waals surface area (Å²) >= 11 is 0. The molecule has 0 aromatic carbocycles. The number of aliphatic hydroxyl groups excluding tert-OH is 1. The van der Waals surface area contributed by atoms with Crippen molar-refractivity contribution in [2.75, 3.05) is 32.8 Å². The fourth-order valence-electron chi connectivity index (χ4n) is 1.83. The topological polar surface area (TPSA) is 49.5 Å². The van der Waals surface area contributed by atoms with Crippen LogP contribution in [0.4, 0.5) is 0 Å². The summed E-state index contributed by atoms with van der Waals surface area (Å²) in [6, 6.07) is 0.